The first-order chi connectivity index (χ1) is 7.31. The van der Waals surface area contributed by atoms with Gasteiger partial charge in [0.2, 0.25) is 5.91 Å². The van der Waals surface area contributed by atoms with Gasteiger partial charge < -0.3 is 5.32 Å². The summed E-state index contributed by atoms with van der Waals surface area (Å²) in [5.74, 6) is -0.0973. The van der Waals surface area contributed by atoms with E-state index in [9.17, 15) is 13.2 Å². The first kappa shape index (κ1) is 13.8. The molecule has 1 amide bonds. The molecule has 6 heteroatoms. The summed E-state index contributed by atoms with van der Waals surface area (Å²) in [5, 5.41) is 1.79. The molecule has 0 radical (unpaired) electrons. The topological polar surface area (TPSA) is 63.2 Å². The van der Waals surface area contributed by atoms with E-state index >= 15 is 0 Å². The Kier molecular flexibility index (Phi) is 4.23. The number of amides is 1. The van der Waals surface area contributed by atoms with E-state index in [0.29, 0.717) is 5.88 Å². The number of hydrogen-bond donors (Lipinski definition) is 1. The maximum atomic E-state index is 11.8. The van der Waals surface area contributed by atoms with Crippen LogP contribution in [0.1, 0.15) is 32.6 Å². The van der Waals surface area contributed by atoms with E-state index in [0.717, 1.165) is 31.9 Å². The fourth-order valence-electron chi connectivity index (χ4n) is 1.90. The number of nitrogens with one attached hydrogen (secondary N) is 1. The van der Waals surface area contributed by atoms with Crippen molar-refractivity contribution in [3.63, 3.8) is 0 Å². The predicted molar refractivity (Wildman–Crippen MR) is 64.4 cm³/mol. The highest BCUT2D eigenvalue weighted by atomic mass is 35.5. The standard InChI is InChI=1S/C10H18ClNO3S/c1-8(16(2,14)15)9(13)12-10(7-11)5-3-4-6-10/h8H,3-7H2,1-2H3,(H,12,13). The van der Waals surface area contributed by atoms with Gasteiger partial charge in [0.05, 0.1) is 5.54 Å². The van der Waals surface area contributed by atoms with Crippen LogP contribution < -0.4 is 5.32 Å². The predicted octanol–water partition coefficient (Wildman–Crippen LogP) is 1.09. The van der Waals surface area contributed by atoms with Crippen LogP contribution in [0.25, 0.3) is 0 Å². The molecule has 0 saturated heterocycles. The molecule has 1 aliphatic rings. The van der Waals surface area contributed by atoms with Crippen LogP contribution in [0, 0.1) is 0 Å². The molecule has 0 aromatic heterocycles. The molecule has 4 nitrogen and oxygen atoms in total. The van der Waals surface area contributed by atoms with Crippen LogP contribution in [-0.2, 0) is 14.6 Å². The number of sulfone groups is 1. The highest BCUT2D eigenvalue weighted by molar-refractivity contribution is 7.92. The van der Waals surface area contributed by atoms with Gasteiger partial charge in [-0.1, -0.05) is 12.8 Å². The van der Waals surface area contributed by atoms with Gasteiger partial charge in [-0.15, -0.1) is 11.6 Å². The highest BCUT2D eigenvalue weighted by Crippen LogP contribution is 2.30. The third-order valence-corrected chi connectivity index (χ3v) is 5.23. The minimum Gasteiger partial charge on any atom is -0.348 e. The van der Waals surface area contributed by atoms with Crippen molar-refractivity contribution in [1.82, 2.24) is 5.32 Å². The van der Waals surface area contributed by atoms with Crippen LogP contribution in [0.3, 0.4) is 0 Å². The monoisotopic (exact) mass is 267 g/mol. The van der Waals surface area contributed by atoms with Crippen LogP contribution >= 0.6 is 11.6 Å². The van der Waals surface area contributed by atoms with E-state index in [1.807, 2.05) is 0 Å². The Hall–Kier alpha value is -0.290. The summed E-state index contributed by atoms with van der Waals surface area (Å²) in [6, 6.07) is 0. The van der Waals surface area contributed by atoms with Gasteiger partial charge in [0.15, 0.2) is 9.84 Å². The third kappa shape index (κ3) is 3.10. The molecule has 94 valence electrons. The minimum absolute atomic E-state index is 0.342. The highest BCUT2D eigenvalue weighted by Gasteiger charge is 2.37. The molecule has 0 aromatic carbocycles. The van der Waals surface area contributed by atoms with E-state index in [1.54, 1.807) is 0 Å². The summed E-state index contributed by atoms with van der Waals surface area (Å²) in [4.78, 5) is 11.8. The van der Waals surface area contributed by atoms with Crippen molar-refractivity contribution < 1.29 is 13.2 Å². The molecular formula is C10H18ClNO3S. The van der Waals surface area contributed by atoms with Crippen LogP contribution in [0.2, 0.25) is 0 Å². The lowest BCUT2D eigenvalue weighted by molar-refractivity contribution is -0.122. The molecule has 1 N–H and O–H groups in total. The van der Waals surface area contributed by atoms with Crippen molar-refractivity contribution in [3.8, 4) is 0 Å². The maximum absolute atomic E-state index is 11.8. The van der Waals surface area contributed by atoms with Gasteiger partial charge in [-0.3, -0.25) is 4.79 Å². The SMILES string of the molecule is CC(C(=O)NC1(CCl)CCCC1)S(C)(=O)=O. The Labute approximate surface area is 102 Å². The fraction of sp³-hybridized carbons (Fsp3) is 0.900. The Morgan fingerprint density at radius 1 is 1.44 bits per heavy atom. The van der Waals surface area contributed by atoms with Crippen molar-refractivity contribution >= 4 is 27.3 Å². The average Bonchev–Trinajstić information content (AvgIpc) is 2.64. The molecule has 16 heavy (non-hydrogen) atoms. The van der Waals surface area contributed by atoms with Gasteiger partial charge in [-0.05, 0) is 19.8 Å². The fourth-order valence-corrected chi connectivity index (χ4v) is 2.68. The Morgan fingerprint density at radius 3 is 2.31 bits per heavy atom. The smallest absolute Gasteiger partial charge is 0.238 e. The minimum atomic E-state index is -3.33. The summed E-state index contributed by atoms with van der Waals surface area (Å²) < 4.78 is 22.5. The van der Waals surface area contributed by atoms with Gasteiger partial charge in [-0.2, -0.15) is 0 Å². The summed E-state index contributed by atoms with van der Waals surface area (Å²) in [5.41, 5.74) is -0.391. The number of halogens is 1. The molecule has 0 spiro atoms. The van der Waals surface area contributed by atoms with Gasteiger partial charge in [-0.25, -0.2) is 8.42 Å². The van der Waals surface area contributed by atoms with Gasteiger partial charge in [0.1, 0.15) is 5.25 Å². The number of hydrogen-bond acceptors (Lipinski definition) is 3. The zero-order valence-electron chi connectivity index (χ0n) is 9.62. The van der Waals surface area contributed by atoms with Crippen LogP contribution in [-0.4, -0.2) is 37.2 Å². The summed E-state index contributed by atoms with van der Waals surface area (Å²) in [6.45, 7) is 1.40. The number of carbonyl (C=O) groups is 1. The molecule has 1 saturated carbocycles. The second-order valence-electron chi connectivity index (χ2n) is 4.58. The molecule has 0 heterocycles. The number of alkyl halides is 1. The lowest BCUT2D eigenvalue weighted by atomic mass is 10.0. The molecule has 1 atom stereocenters. The van der Waals surface area contributed by atoms with Crippen molar-refractivity contribution in [1.29, 1.82) is 0 Å². The van der Waals surface area contributed by atoms with Crippen molar-refractivity contribution in [2.24, 2.45) is 0 Å². The maximum Gasteiger partial charge on any atom is 0.238 e. The number of rotatable bonds is 4. The normalized spacial score (nSPS) is 21.7. The molecule has 1 rings (SSSR count). The average molecular weight is 268 g/mol. The number of carbonyl (C=O) groups excluding carboxylic acids is 1. The first-order valence-corrected chi connectivity index (χ1v) is 7.86. The van der Waals surface area contributed by atoms with E-state index in [2.05, 4.69) is 5.32 Å². The largest absolute Gasteiger partial charge is 0.348 e. The molecule has 0 aromatic rings. The molecule has 1 unspecified atom stereocenters. The summed E-state index contributed by atoms with van der Waals surface area (Å²) in [7, 11) is -3.33. The van der Waals surface area contributed by atoms with Gasteiger partial charge >= 0.3 is 0 Å². The Bertz CT molecular complexity index is 360. The van der Waals surface area contributed by atoms with Crippen LogP contribution in [0.5, 0.6) is 0 Å². The first-order valence-electron chi connectivity index (χ1n) is 5.38. The zero-order valence-corrected chi connectivity index (χ0v) is 11.2. The Morgan fingerprint density at radius 2 is 1.94 bits per heavy atom. The summed E-state index contributed by atoms with van der Waals surface area (Å²) >= 11 is 5.86. The van der Waals surface area contributed by atoms with E-state index in [-0.39, 0.29) is 0 Å². The lowest BCUT2D eigenvalue weighted by Crippen LogP contribution is -2.52. The van der Waals surface area contributed by atoms with Crippen molar-refractivity contribution in [2.75, 3.05) is 12.1 Å². The molecule has 0 aliphatic heterocycles. The Balaban J connectivity index is 2.70. The summed E-state index contributed by atoms with van der Waals surface area (Å²) in [6.07, 6.45) is 4.79. The third-order valence-electron chi connectivity index (χ3n) is 3.22. The van der Waals surface area contributed by atoms with E-state index in [4.69, 9.17) is 11.6 Å². The lowest BCUT2D eigenvalue weighted by Gasteiger charge is -2.29. The van der Waals surface area contributed by atoms with Crippen molar-refractivity contribution in [2.45, 2.75) is 43.4 Å². The van der Waals surface area contributed by atoms with Gasteiger partial charge in [0.25, 0.3) is 0 Å². The molecule has 1 aliphatic carbocycles. The van der Waals surface area contributed by atoms with Crippen LogP contribution in [0.4, 0.5) is 0 Å². The van der Waals surface area contributed by atoms with Crippen molar-refractivity contribution in [3.05, 3.63) is 0 Å². The molecule has 0 bridgehead atoms. The molecular weight excluding hydrogens is 250 g/mol. The second kappa shape index (κ2) is 4.92. The molecule has 1 fully saturated rings. The second-order valence-corrected chi connectivity index (χ2v) is 7.22. The van der Waals surface area contributed by atoms with Gasteiger partial charge in [0, 0.05) is 12.1 Å². The van der Waals surface area contributed by atoms with E-state index < -0.39 is 26.5 Å². The van der Waals surface area contributed by atoms with Crippen LogP contribution in [0.15, 0.2) is 0 Å². The zero-order chi connectivity index (χ0) is 12.4. The quantitative estimate of drug-likeness (QED) is 0.776. The van der Waals surface area contributed by atoms with E-state index in [1.165, 1.54) is 6.92 Å².